The van der Waals surface area contributed by atoms with Crippen molar-refractivity contribution in [3.05, 3.63) is 24.3 Å². The lowest BCUT2D eigenvalue weighted by Crippen LogP contribution is -2.49. The number of carbonyl (C=O) groups excluding carboxylic acids is 1. The minimum atomic E-state index is -3.37. The van der Waals surface area contributed by atoms with E-state index in [9.17, 15) is 13.2 Å². The smallest absolute Gasteiger partial charge is 0.414 e. The summed E-state index contributed by atoms with van der Waals surface area (Å²) in [4.78, 5) is 16.9. The van der Waals surface area contributed by atoms with Gasteiger partial charge in [-0.25, -0.2) is 13.2 Å². The zero-order chi connectivity index (χ0) is 21.3. The number of ether oxygens (including phenoxy) is 1. The van der Waals surface area contributed by atoms with Crippen LogP contribution < -0.4 is 15.1 Å². The van der Waals surface area contributed by atoms with Gasteiger partial charge in [-0.05, 0) is 37.1 Å². The van der Waals surface area contributed by atoms with Crippen LogP contribution in [0.5, 0.6) is 0 Å². The standard InChI is InChI=1S/C19H25ClN4O4S2/c20-13-30(26,27)23-9-7-22(8-10-23)15-3-5-16(6-4-15)24-12-17(28-19(24)25)11-21-18(29)14-1-2-14/h3-6,14,17H,1-2,7-13H2,(H,21,29)/t17-/m0/s1. The van der Waals surface area contributed by atoms with Crippen molar-refractivity contribution in [3.8, 4) is 0 Å². The van der Waals surface area contributed by atoms with E-state index in [0.717, 1.165) is 29.2 Å². The number of nitrogens with zero attached hydrogens (tertiary/aromatic N) is 3. The Morgan fingerprint density at radius 2 is 1.77 bits per heavy atom. The number of thiocarbonyl (C=S) groups is 1. The number of piperazine rings is 1. The summed E-state index contributed by atoms with van der Waals surface area (Å²) < 4.78 is 30.6. The number of rotatable bonds is 7. The predicted molar refractivity (Wildman–Crippen MR) is 121 cm³/mol. The molecule has 3 aliphatic rings. The monoisotopic (exact) mass is 472 g/mol. The summed E-state index contributed by atoms with van der Waals surface area (Å²) in [6.45, 7) is 3.02. The summed E-state index contributed by atoms with van der Waals surface area (Å²) in [5, 5.41) is 2.82. The average Bonchev–Trinajstić information content (AvgIpc) is 3.55. The van der Waals surface area contributed by atoms with Gasteiger partial charge in [0.1, 0.15) is 11.3 Å². The Morgan fingerprint density at radius 1 is 1.13 bits per heavy atom. The van der Waals surface area contributed by atoms with Crippen LogP contribution in [-0.2, 0) is 14.8 Å². The van der Waals surface area contributed by atoms with Crippen molar-refractivity contribution in [2.24, 2.45) is 5.92 Å². The maximum absolute atomic E-state index is 12.3. The Balaban J connectivity index is 1.31. The van der Waals surface area contributed by atoms with E-state index in [2.05, 4.69) is 10.2 Å². The fourth-order valence-electron chi connectivity index (χ4n) is 3.68. The first kappa shape index (κ1) is 21.6. The normalized spacial score (nSPS) is 22.8. The average molecular weight is 473 g/mol. The first-order chi connectivity index (χ1) is 14.4. The summed E-state index contributed by atoms with van der Waals surface area (Å²) in [5.74, 6) is 0.498. The number of sulfonamides is 1. The summed E-state index contributed by atoms with van der Waals surface area (Å²) in [5.41, 5.74) is 1.77. The van der Waals surface area contributed by atoms with Gasteiger partial charge in [0.05, 0.1) is 18.1 Å². The SMILES string of the molecule is O=C1O[C@@H](CNC(=S)C2CC2)CN1c1ccc(N2CCN(S(=O)(=O)CCl)CC2)cc1. The van der Waals surface area contributed by atoms with Gasteiger partial charge in [-0.3, -0.25) is 4.90 Å². The van der Waals surface area contributed by atoms with Gasteiger partial charge in [-0.2, -0.15) is 4.31 Å². The van der Waals surface area contributed by atoms with Crippen LogP contribution in [0.15, 0.2) is 24.3 Å². The van der Waals surface area contributed by atoms with E-state index >= 15 is 0 Å². The van der Waals surface area contributed by atoms with Crippen LogP contribution in [0.1, 0.15) is 12.8 Å². The largest absolute Gasteiger partial charge is 0.442 e. The van der Waals surface area contributed by atoms with Crippen LogP contribution >= 0.6 is 23.8 Å². The molecule has 1 aliphatic carbocycles. The molecule has 2 saturated heterocycles. The molecule has 0 spiro atoms. The zero-order valence-corrected chi connectivity index (χ0v) is 18.9. The van der Waals surface area contributed by atoms with Crippen LogP contribution in [0, 0.1) is 5.92 Å². The highest BCUT2D eigenvalue weighted by atomic mass is 35.5. The number of carbonyl (C=O) groups is 1. The summed E-state index contributed by atoms with van der Waals surface area (Å²) in [7, 11) is -3.37. The van der Waals surface area contributed by atoms with Crippen LogP contribution in [-0.4, -0.2) is 74.4 Å². The first-order valence-corrected chi connectivity index (χ1v) is 12.6. The van der Waals surface area contributed by atoms with Crippen LogP contribution in [0.3, 0.4) is 0 Å². The highest BCUT2D eigenvalue weighted by Gasteiger charge is 2.34. The molecule has 1 atom stereocenters. The van der Waals surface area contributed by atoms with Crippen molar-refractivity contribution in [2.45, 2.75) is 18.9 Å². The van der Waals surface area contributed by atoms with Gasteiger partial charge >= 0.3 is 6.09 Å². The van der Waals surface area contributed by atoms with Crippen molar-refractivity contribution >= 4 is 56.3 Å². The molecule has 8 nitrogen and oxygen atoms in total. The molecule has 2 heterocycles. The molecule has 0 aromatic heterocycles. The fraction of sp³-hybridized carbons (Fsp3) is 0.579. The lowest BCUT2D eigenvalue weighted by atomic mass is 10.2. The topological polar surface area (TPSA) is 82.2 Å². The zero-order valence-electron chi connectivity index (χ0n) is 16.5. The van der Waals surface area contributed by atoms with Crippen molar-refractivity contribution in [1.82, 2.24) is 9.62 Å². The van der Waals surface area contributed by atoms with Crippen molar-refractivity contribution in [3.63, 3.8) is 0 Å². The summed E-state index contributed by atoms with van der Waals surface area (Å²) in [6, 6.07) is 7.68. The van der Waals surface area contributed by atoms with Crippen LogP contribution in [0.2, 0.25) is 0 Å². The Bertz CT molecular complexity index is 900. The Morgan fingerprint density at radius 3 is 2.37 bits per heavy atom. The van der Waals surface area contributed by atoms with Gasteiger partial charge in [-0.1, -0.05) is 12.2 Å². The molecule has 164 valence electrons. The van der Waals surface area contributed by atoms with E-state index in [1.165, 1.54) is 4.31 Å². The second kappa shape index (κ2) is 8.86. The van der Waals surface area contributed by atoms with E-state index in [0.29, 0.717) is 45.2 Å². The number of anilines is 2. The lowest BCUT2D eigenvalue weighted by molar-refractivity contribution is 0.143. The number of benzene rings is 1. The third kappa shape index (κ3) is 4.82. The Labute approximate surface area is 187 Å². The molecular weight excluding hydrogens is 448 g/mol. The molecule has 1 aromatic rings. The number of halogens is 1. The van der Waals surface area contributed by atoms with Crippen molar-refractivity contribution < 1.29 is 17.9 Å². The molecule has 1 saturated carbocycles. The third-order valence-corrected chi connectivity index (χ3v) is 8.36. The second-order valence-corrected chi connectivity index (χ2v) is 10.8. The molecule has 1 amide bonds. The van der Waals surface area contributed by atoms with Crippen molar-refractivity contribution in [2.75, 3.05) is 54.3 Å². The molecule has 0 bridgehead atoms. The number of cyclic esters (lactones) is 1. The van der Waals surface area contributed by atoms with Gasteiger partial charge in [-0.15, -0.1) is 11.6 Å². The first-order valence-electron chi connectivity index (χ1n) is 10.0. The third-order valence-electron chi connectivity index (χ3n) is 5.62. The van der Waals surface area contributed by atoms with Crippen LogP contribution in [0.25, 0.3) is 0 Å². The number of alkyl halides is 1. The molecule has 1 aromatic carbocycles. The van der Waals surface area contributed by atoms with Crippen molar-refractivity contribution in [1.29, 1.82) is 0 Å². The van der Waals surface area contributed by atoms with Gasteiger partial charge in [0.15, 0.2) is 0 Å². The summed E-state index contributed by atoms with van der Waals surface area (Å²) in [6.07, 6.45) is 1.70. The van der Waals surface area contributed by atoms with E-state index in [-0.39, 0.29) is 12.2 Å². The van der Waals surface area contributed by atoms with E-state index in [1.54, 1.807) is 4.90 Å². The van der Waals surface area contributed by atoms with Gasteiger partial charge in [0.2, 0.25) is 10.0 Å². The Kier molecular flexibility index (Phi) is 6.38. The predicted octanol–water partition coefficient (Wildman–Crippen LogP) is 1.99. The highest BCUT2D eigenvalue weighted by Crippen LogP contribution is 2.30. The number of amides is 1. The maximum atomic E-state index is 12.3. The molecule has 1 N–H and O–H groups in total. The van der Waals surface area contributed by atoms with Crippen LogP contribution in [0.4, 0.5) is 16.2 Å². The van der Waals surface area contributed by atoms with Gasteiger partial charge in [0, 0.05) is 43.5 Å². The molecule has 30 heavy (non-hydrogen) atoms. The quantitative estimate of drug-likeness (QED) is 0.480. The number of hydrogen-bond donors (Lipinski definition) is 1. The minimum absolute atomic E-state index is 0.231. The molecule has 2 aliphatic heterocycles. The van der Waals surface area contributed by atoms with Gasteiger partial charge < -0.3 is 15.0 Å². The number of nitrogens with one attached hydrogen (secondary N) is 1. The van der Waals surface area contributed by atoms with E-state index in [4.69, 9.17) is 28.6 Å². The molecule has 3 fully saturated rings. The minimum Gasteiger partial charge on any atom is -0.442 e. The second-order valence-electron chi connectivity index (χ2n) is 7.76. The van der Waals surface area contributed by atoms with E-state index in [1.807, 2.05) is 24.3 Å². The highest BCUT2D eigenvalue weighted by molar-refractivity contribution is 7.90. The van der Waals surface area contributed by atoms with E-state index < -0.39 is 15.2 Å². The molecule has 0 radical (unpaired) electrons. The molecule has 11 heteroatoms. The fourth-order valence-corrected chi connectivity index (χ4v) is 5.27. The summed E-state index contributed by atoms with van der Waals surface area (Å²) >= 11 is 10.9. The maximum Gasteiger partial charge on any atom is 0.414 e. The lowest BCUT2D eigenvalue weighted by Gasteiger charge is -2.35. The molecule has 0 unspecified atom stereocenters. The molecular formula is C19H25ClN4O4S2. The number of hydrogen-bond acceptors (Lipinski definition) is 6. The van der Waals surface area contributed by atoms with Gasteiger partial charge in [0.25, 0.3) is 0 Å². The molecule has 4 rings (SSSR count). The Hall–Kier alpha value is -1.62.